The van der Waals surface area contributed by atoms with Crippen molar-refractivity contribution in [2.75, 3.05) is 11.9 Å². The summed E-state index contributed by atoms with van der Waals surface area (Å²) in [6.45, 7) is 4.67. The Labute approximate surface area is 199 Å². The minimum Gasteiger partial charge on any atom is -0.423 e. The van der Waals surface area contributed by atoms with Crippen LogP contribution in [0.4, 0.5) is 5.82 Å². The topological polar surface area (TPSA) is 86.4 Å². The van der Waals surface area contributed by atoms with E-state index in [0.29, 0.717) is 24.0 Å². The van der Waals surface area contributed by atoms with E-state index in [0.717, 1.165) is 47.6 Å². The van der Waals surface area contributed by atoms with Crippen molar-refractivity contribution in [2.24, 2.45) is 0 Å². The van der Waals surface area contributed by atoms with Gasteiger partial charge in [-0.3, -0.25) is 9.47 Å². The summed E-state index contributed by atoms with van der Waals surface area (Å²) < 4.78 is 2.02. The van der Waals surface area contributed by atoms with Crippen molar-refractivity contribution >= 4 is 29.3 Å². The van der Waals surface area contributed by atoms with Crippen molar-refractivity contribution in [2.45, 2.75) is 45.3 Å². The summed E-state index contributed by atoms with van der Waals surface area (Å²) in [5.41, 5.74) is 5.82. The lowest BCUT2D eigenvalue weighted by molar-refractivity contribution is 0.223. The predicted molar refractivity (Wildman–Crippen MR) is 134 cm³/mol. The molecule has 0 saturated carbocycles. The molecule has 0 aliphatic carbocycles. The van der Waals surface area contributed by atoms with E-state index >= 15 is 0 Å². The summed E-state index contributed by atoms with van der Waals surface area (Å²) in [4.78, 5) is 12.6. The molecule has 3 N–H and O–H groups in total. The van der Waals surface area contributed by atoms with Crippen molar-refractivity contribution in [3.63, 3.8) is 0 Å². The van der Waals surface area contributed by atoms with Crippen LogP contribution in [0.1, 0.15) is 35.4 Å². The summed E-state index contributed by atoms with van der Waals surface area (Å²) in [7, 11) is -1.53. The van der Waals surface area contributed by atoms with Crippen LogP contribution in [0.3, 0.4) is 0 Å². The van der Waals surface area contributed by atoms with Crippen LogP contribution >= 0.6 is 0 Å². The molecule has 0 spiro atoms. The first-order valence-electron chi connectivity index (χ1n) is 12.0. The predicted octanol–water partition coefficient (Wildman–Crippen LogP) is 2.54. The Hall–Kier alpha value is -3.20. The highest BCUT2D eigenvalue weighted by atomic mass is 16.4. The average Bonchev–Trinajstić information content (AvgIpc) is 3.44. The lowest BCUT2D eigenvalue weighted by atomic mass is 9.78. The lowest BCUT2D eigenvalue weighted by Crippen LogP contribution is -2.36. The fraction of sp³-hybridized carbons (Fsp3) is 0.308. The van der Waals surface area contributed by atoms with Crippen LogP contribution in [-0.2, 0) is 19.5 Å². The Morgan fingerprint density at radius 2 is 1.94 bits per heavy atom. The molecule has 172 valence electrons. The van der Waals surface area contributed by atoms with Gasteiger partial charge in [-0.1, -0.05) is 42.5 Å². The van der Waals surface area contributed by atoms with E-state index < -0.39 is 7.12 Å². The van der Waals surface area contributed by atoms with Gasteiger partial charge in [-0.05, 0) is 55.9 Å². The molecule has 6 rings (SSSR count). The average molecular weight is 453 g/mol. The van der Waals surface area contributed by atoms with Gasteiger partial charge in [-0.25, -0.2) is 4.98 Å². The van der Waals surface area contributed by atoms with E-state index in [2.05, 4.69) is 34.5 Å². The lowest BCUT2D eigenvalue weighted by Gasteiger charge is -2.32. The summed E-state index contributed by atoms with van der Waals surface area (Å²) in [5.74, 6) is 1.51. The first-order valence-corrected chi connectivity index (χ1v) is 12.0. The molecule has 0 amide bonds. The normalized spacial score (nSPS) is 17.6. The molecule has 1 unspecified atom stereocenters. The molecular weight excluding hydrogens is 425 g/mol. The molecule has 1 fully saturated rings. The molecule has 7 nitrogen and oxygen atoms in total. The van der Waals surface area contributed by atoms with Gasteiger partial charge >= 0.3 is 7.12 Å². The van der Waals surface area contributed by atoms with Crippen molar-refractivity contribution in [1.29, 1.82) is 0 Å². The molecule has 2 aliphatic rings. The van der Waals surface area contributed by atoms with Crippen LogP contribution in [-0.4, -0.2) is 49.2 Å². The summed E-state index contributed by atoms with van der Waals surface area (Å²) in [5, 5.41) is 24.1. The number of benzene rings is 2. The Bertz CT molecular complexity index is 1350. The van der Waals surface area contributed by atoms with E-state index in [1.807, 2.05) is 35.8 Å². The zero-order chi connectivity index (χ0) is 23.2. The molecule has 34 heavy (non-hydrogen) atoms. The molecule has 1 atom stereocenters. The molecule has 2 aromatic heterocycles. The smallest absolute Gasteiger partial charge is 0.423 e. The van der Waals surface area contributed by atoms with Crippen molar-refractivity contribution in [1.82, 2.24) is 19.4 Å². The second-order valence-electron chi connectivity index (χ2n) is 9.38. The molecule has 1 saturated heterocycles. The van der Waals surface area contributed by atoms with Gasteiger partial charge in [0.25, 0.3) is 0 Å². The molecular formula is C26H28BN5O2. The van der Waals surface area contributed by atoms with Crippen molar-refractivity contribution in [3.8, 4) is 5.95 Å². The quantitative estimate of drug-likeness (QED) is 0.403. The summed E-state index contributed by atoms with van der Waals surface area (Å²) in [6.07, 6.45) is 3.44. The van der Waals surface area contributed by atoms with Gasteiger partial charge < -0.3 is 15.4 Å². The second-order valence-corrected chi connectivity index (χ2v) is 9.38. The third kappa shape index (κ3) is 3.68. The number of nitrogens with zero attached hydrogens (tertiary/aromatic N) is 4. The van der Waals surface area contributed by atoms with Crippen molar-refractivity contribution < 1.29 is 10.0 Å². The van der Waals surface area contributed by atoms with Crippen LogP contribution in [0.25, 0.3) is 16.9 Å². The third-order valence-electron chi connectivity index (χ3n) is 7.22. The van der Waals surface area contributed by atoms with E-state index in [1.165, 1.54) is 24.0 Å². The number of fused-ring (bicyclic) bond motifs is 3. The molecule has 2 aromatic carbocycles. The summed E-state index contributed by atoms with van der Waals surface area (Å²) in [6, 6.07) is 18.5. The Morgan fingerprint density at radius 3 is 2.76 bits per heavy atom. The second kappa shape index (κ2) is 8.54. The van der Waals surface area contributed by atoms with Gasteiger partial charge in [0.1, 0.15) is 5.82 Å². The van der Waals surface area contributed by atoms with E-state index in [4.69, 9.17) is 9.97 Å². The number of hydrogen-bond acceptors (Lipinski definition) is 6. The van der Waals surface area contributed by atoms with E-state index in [-0.39, 0.29) is 0 Å². The fourth-order valence-electron chi connectivity index (χ4n) is 5.53. The number of hydrogen-bond donors (Lipinski definition) is 3. The number of nitrogens with one attached hydrogen (secondary N) is 1. The van der Waals surface area contributed by atoms with Crippen LogP contribution in [0.5, 0.6) is 0 Å². The zero-order valence-corrected chi connectivity index (χ0v) is 19.3. The Kier molecular flexibility index (Phi) is 5.36. The summed E-state index contributed by atoms with van der Waals surface area (Å²) >= 11 is 0. The zero-order valence-electron chi connectivity index (χ0n) is 19.3. The van der Waals surface area contributed by atoms with Gasteiger partial charge in [-0.15, -0.1) is 0 Å². The largest absolute Gasteiger partial charge is 0.489 e. The van der Waals surface area contributed by atoms with Gasteiger partial charge in [0.15, 0.2) is 0 Å². The maximum atomic E-state index is 9.86. The molecule has 4 heterocycles. The van der Waals surface area contributed by atoms with Crippen molar-refractivity contribution in [3.05, 3.63) is 77.1 Å². The highest BCUT2D eigenvalue weighted by Crippen LogP contribution is 2.34. The maximum absolute atomic E-state index is 9.86. The minimum absolute atomic E-state index is 0.486. The van der Waals surface area contributed by atoms with Crippen LogP contribution in [0.15, 0.2) is 54.6 Å². The molecule has 8 heteroatoms. The molecule has 0 bridgehead atoms. The molecule has 0 radical (unpaired) electrons. The highest BCUT2D eigenvalue weighted by Gasteiger charge is 2.33. The highest BCUT2D eigenvalue weighted by molar-refractivity contribution is 6.61. The van der Waals surface area contributed by atoms with E-state index in [1.54, 1.807) is 6.07 Å². The maximum Gasteiger partial charge on any atom is 0.489 e. The fourth-order valence-corrected chi connectivity index (χ4v) is 5.53. The van der Waals surface area contributed by atoms with E-state index in [9.17, 15) is 10.0 Å². The van der Waals surface area contributed by atoms with Crippen LogP contribution in [0.2, 0.25) is 0 Å². The number of anilines is 1. The number of aryl methyl sites for hydroxylation is 1. The molecule has 4 aromatic rings. The van der Waals surface area contributed by atoms with Crippen LogP contribution in [0, 0.1) is 6.92 Å². The number of aromatic nitrogens is 3. The Morgan fingerprint density at radius 1 is 1.09 bits per heavy atom. The molecule has 2 aliphatic heterocycles. The number of rotatable bonds is 5. The monoisotopic (exact) mass is 453 g/mol. The van der Waals surface area contributed by atoms with Gasteiger partial charge in [-0.2, -0.15) is 4.98 Å². The minimum atomic E-state index is -1.53. The standard InChI is InChI=1S/C26H28BN5O2/c1-17-13-20-22(27(33)34)10-5-11-24(20)32(17)26-29-23-16-31-12-6-9-19(31)14-21(23)25(30-26)28-15-18-7-3-2-4-8-18/h2-5,7-8,10-11,13,19,33-34H,6,9,12,14-16H2,1H3,(H,28,29,30). The SMILES string of the molecule is Cc1cc2c(B(O)O)cccc2n1-c1nc2c(c(NCc3ccccc3)n1)CC1CCCN1C2. The Balaban J connectivity index is 1.47. The van der Waals surface area contributed by atoms with Gasteiger partial charge in [0.2, 0.25) is 5.95 Å². The first-order chi connectivity index (χ1) is 16.6. The van der Waals surface area contributed by atoms with Crippen LogP contribution < -0.4 is 10.8 Å². The first kappa shape index (κ1) is 21.3. The van der Waals surface area contributed by atoms with Gasteiger partial charge in [0.05, 0.1) is 11.2 Å². The third-order valence-corrected chi connectivity index (χ3v) is 7.22. The van der Waals surface area contributed by atoms with Gasteiger partial charge in [0, 0.05) is 35.8 Å².